The number of nitrogens with one attached hydrogen (secondary N) is 1. The van der Waals surface area contributed by atoms with Crippen molar-refractivity contribution in [2.45, 2.75) is 20.0 Å². The van der Waals surface area contributed by atoms with E-state index in [0.29, 0.717) is 13.2 Å². The van der Waals surface area contributed by atoms with Gasteiger partial charge in [-0.25, -0.2) is 0 Å². The van der Waals surface area contributed by atoms with Crippen molar-refractivity contribution in [3.05, 3.63) is 29.8 Å². The number of para-hydroxylation sites is 1. The van der Waals surface area contributed by atoms with Crippen LogP contribution < -0.4 is 10.1 Å². The first-order chi connectivity index (χ1) is 9.13. The lowest BCUT2D eigenvalue weighted by molar-refractivity contribution is 0.105. The second kappa shape index (κ2) is 8.91. The molecule has 19 heavy (non-hydrogen) atoms. The van der Waals surface area contributed by atoms with Crippen LogP contribution in [0.2, 0.25) is 0 Å². The first-order valence-electron chi connectivity index (χ1n) is 6.89. The Morgan fingerprint density at radius 2 is 2.11 bits per heavy atom. The van der Waals surface area contributed by atoms with Crippen LogP contribution in [-0.4, -0.2) is 55.9 Å². The average molecular weight is 266 g/mol. The molecule has 0 fully saturated rings. The SMILES string of the molecule is CCN(C)CCNCC(O)COc1ccccc1C. The summed E-state index contributed by atoms with van der Waals surface area (Å²) >= 11 is 0. The van der Waals surface area contributed by atoms with E-state index in [1.165, 1.54) is 0 Å². The molecule has 2 N–H and O–H groups in total. The maximum Gasteiger partial charge on any atom is 0.122 e. The van der Waals surface area contributed by atoms with Crippen molar-refractivity contribution in [2.75, 3.05) is 39.8 Å². The molecule has 0 amide bonds. The van der Waals surface area contributed by atoms with E-state index in [1.807, 2.05) is 31.2 Å². The van der Waals surface area contributed by atoms with Crippen LogP contribution in [0.25, 0.3) is 0 Å². The molecule has 0 radical (unpaired) electrons. The van der Waals surface area contributed by atoms with Crippen molar-refractivity contribution < 1.29 is 9.84 Å². The molecule has 4 heteroatoms. The van der Waals surface area contributed by atoms with Gasteiger partial charge in [-0.15, -0.1) is 0 Å². The van der Waals surface area contributed by atoms with E-state index < -0.39 is 6.10 Å². The Morgan fingerprint density at radius 1 is 1.37 bits per heavy atom. The van der Waals surface area contributed by atoms with Gasteiger partial charge in [0.25, 0.3) is 0 Å². The van der Waals surface area contributed by atoms with E-state index in [-0.39, 0.29) is 0 Å². The van der Waals surface area contributed by atoms with E-state index in [4.69, 9.17) is 4.74 Å². The molecule has 0 heterocycles. The highest BCUT2D eigenvalue weighted by molar-refractivity contribution is 5.31. The van der Waals surface area contributed by atoms with Gasteiger partial charge < -0.3 is 20.1 Å². The highest BCUT2D eigenvalue weighted by atomic mass is 16.5. The minimum absolute atomic E-state index is 0.321. The van der Waals surface area contributed by atoms with Crippen LogP contribution in [0.1, 0.15) is 12.5 Å². The first-order valence-corrected chi connectivity index (χ1v) is 6.89. The molecule has 0 saturated carbocycles. The number of benzene rings is 1. The average Bonchev–Trinajstić information content (AvgIpc) is 2.42. The third-order valence-corrected chi connectivity index (χ3v) is 3.11. The van der Waals surface area contributed by atoms with Gasteiger partial charge in [0.15, 0.2) is 0 Å². The maximum absolute atomic E-state index is 9.82. The Morgan fingerprint density at radius 3 is 2.79 bits per heavy atom. The van der Waals surface area contributed by atoms with Crippen LogP contribution >= 0.6 is 0 Å². The zero-order valence-electron chi connectivity index (χ0n) is 12.2. The van der Waals surface area contributed by atoms with Gasteiger partial charge in [0.05, 0.1) is 0 Å². The molecular weight excluding hydrogens is 240 g/mol. The van der Waals surface area contributed by atoms with Crippen molar-refractivity contribution in [1.82, 2.24) is 10.2 Å². The summed E-state index contributed by atoms with van der Waals surface area (Å²) < 4.78 is 5.60. The Balaban J connectivity index is 2.14. The Labute approximate surface area is 116 Å². The molecule has 0 saturated heterocycles. The molecule has 1 atom stereocenters. The van der Waals surface area contributed by atoms with Gasteiger partial charge >= 0.3 is 0 Å². The van der Waals surface area contributed by atoms with Crippen molar-refractivity contribution in [1.29, 1.82) is 0 Å². The van der Waals surface area contributed by atoms with Crippen LogP contribution in [0.3, 0.4) is 0 Å². The number of rotatable bonds is 9. The fourth-order valence-electron chi connectivity index (χ4n) is 1.66. The van der Waals surface area contributed by atoms with Crippen molar-refractivity contribution >= 4 is 0 Å². The van der Waals surface area contributed by atoms with Gasteiger partial charge in [0.1, 0.15) is 18.5 Å². The summed E-state index contributed by atoms with van der Waals surface area (Å²) in [5.41, 5.74) is 1.09. The van der Waals surface area contributed by atoms with E-state index >= 15 is 0 Å². The molecule has 0 bridgehead atoms. The quantitative estimate of drug-likeness (QED) is 0.661. The summed E-state index contributed by atoms with van der Waals surface area (Å²) in [6, 6.07) is 7.84. The van der Waals surface area contributed by atoms with E-state index in [0.717, 1.165) is 30.9 Å². The van der Waals surface area contributed by atoms with Gasteiger partial charge in [0.2, 0.25) is 0 Å². The number of aliphatic hydroxyl groups excluding tert-OH is 1. The minimum atomic E-state index is -0.480. The lowest BCUT2D eigenvalue weighted by atomic mass is 10.2. The summed E-state index contributed by atoms with van der Waals surface area (Å²) in [7, 11) is 2.08. The summed E-state index contributed by atoms with van der Waals surface area (Å²) in [6.45, 7) is 7.92. The van der Waals surface area contributed by atoms with Gasteiger partial charge in [0, 0.05) is 19.6 Å². The summed E-state index contributed by atoms with van der Waals surface area (Å²) in [5.74, 6) is 0.840. The van der Waals surface area contributed by atoms with Gasteiger partial charge in [-0.05, 0) is 32.1 Å². The molecule has 0 aliphatic carbocycles. The zero-order valence-corrected chi connectivity index (χ0v) is 12.2. The number of hydrogen-bond acceptors (Lipinski definition) is 4. The molecule has 1 aromatic rings. The molecule has 4 nitrogen and oxygen atoms in total. The molecular formula is C15H26N2O2. The predicted octanol–water partition coefficient (Wildman–Crippen LogP) is 1.28. The number of aliphatic hydroxyl groups is 1. The van der Waals surface area contributed by atoms with Crippen LogP contribution in [0.4, 0.5) is 0 Å². The van der Waals surface area contributed by atoms with Crippen LogP contribution in [0.15, 0.2) is 24.3 Å². The normalized spacial score (nSPS) is 12.7. The van der Waals surface area contributed by atoms with Gasteiger partial charge in [-0.2, -0.15) is 0 Å². The highest BCUT2D eigenvalue weighted by Crippen LogP contribution is 2.16. The van der Waals surface area contributed by atoms with Crippen molar-refractivity contribution in [3.63, 3.8) is 0 Å². The summed E-state index contributed by atoms with van der Waals surface area (Å²) in [6.07, 6.45) is -0.480. The first kappa shape index (κ1) is 16.0. The molecule has 0 spiro atoms. The monoisotopic (exact) mass is 266 g/mol. The maximum atomic E-state index is 9.82. The Bertz CT molecular complexity index is 358. The van der Waals surface area contributed by atoms with E-state index in [9.17, 15) is 5.11 Å². The van der Waals surface area contributed by atoms with E-state index in [2.05, 4.69) is 24.2 Å². The summed E-state index contributed by atoms with van der Waals surface area (Å²) in [5, 5.41) is 13.1. The number of hydrogen-bond donors (Lipinski definition) is 2. The predicted molar refractivity (Wildman–Crippen MR) is 78.7 cm³/mol. The van der Waals surface area contributed by atoms with Crippen LogP contribution in [-0.2, 0) is 0 Å². The third kappa shape index (κ3) is 6.57. The van der Waals surface area contributed by atoms with Crippen LogP contribution in [0, 0.1) is 6.92 Å². The lowest BCUT2D eigenvalue weighted by Gasteiger charge is -2.17. The molecule has 1 aromatic carbocycles. The number of likely N-dealkylation sites (N-methyl/N-ethyl adjacent to an activating group) is 1. The Hall–Kier alpha value is -1.10. The topological polar surface area (TPSA) is 44.7 Å². The number of ether oxygens (including phenoxy) is 1. The van der Waals surface area contributed by atoms with E-state index in [1.54, 1.807) is 0 Å². The highest BCUT2D eigenvalue weighted by Gasteiger charge is 2.06. The number of nitrogens with zero attached hydrogens (tertiary/aromatic N) is 1. The molecule has 1 rings (SSSR count). The molecule has 0 aromatic heterocycles. The summed E-state index contributed by atoms with van der Waals surface area (Å²) in [4.78, 5) is 2.23. The van der Waals surface area contributed by atoms with Crippen molar-refractivity contribution in [2.24, 2.45) is 0 Å². The smallest absolute Gasteiger partial charge is 0.122 e. The fraction of sp³-hybridized carbons (Fsp3) is 0.600. The zero-order chi connectivity index (χ0) is 14.1. The molecule has 108 valence electrons. The van der Waals surface area contributed by atoms with Gasteiger partial charge in [-0.3, -0.25) is 0 Å². The number of aryl methyl sites for hydroxylation is 1. The largest absolute Gasteiger partial charge is 0.491 e. The standard InChI is InChI=1S/C15H26N2O2/c1-4-17(3)10-9-16-11-14(18)12-19-15-8-6-5-7-13(15)2/h5-8,14,16,18H,4,9-12H2,1-3H3. The third-order valence-electron chi connectivity index (χ3n) is 3.11. The molecule has 1 unspecified atom stereocenters. The molecule has 0 aliphatic heterocycles. The molecule has 0 aliphatic rings. The minimum Gasteiger partial charge on any atom is -0.491 e. The van der Waals surface area contributed by atoms with Gasteiger partial charge in [-0.1, -0.05) is 25.1 Å². The Kier molecular flexibility index (Phi) is 7.48. The fourth-order valence-corrected chi connectivity index (χ4v) is 1.66. The second-order valence-electron chi connectivity index (χ2n) is 4.83. The van der Waals surface area contributed by atoms with Crippen molar-refractivity contribution in [3.8, 4) is 5.75 Å². The van der Waals surface area contributed by atoms with Crippen LogP contribution in [0.5, 0.6) is 5.75 Å². The lowest BCUT2D eigenvalue weighted by Crippen LogP contribution is -2.36. The second-order valence-corrected chi connectivity index (χ2v) is 4.83.